The highest BCUT2D eigenvalue weighted by Gasteiger charge is 2.21. The molecule has 28 heavy (non-hydrogen) atoms. The number of rotatable bonds is 4. The van der Waals surface area contributed by atoms with Crippen LogP contribution in [0.3, 0.4) is 0 Å². The average Bonchev–Trinajstić information content (AvgIpc) is 3.27. The summed E-state index contributed by atoms with van der Waals surface area (Å²) in [7, 11) is 0. The van der Waals surface area contributed by atoms with E-state index in [0.717, 1.165) is 25.1 Å². The SMILES string of the molecule is C1=NN(c2ncccn2)CC2=C1C=C(c1cccc(OC3CCCC3)c1)CC2. The summed E-state index contributed by atoms with van der Waals surface area (Å²) in [5.41, 5.74) is 5.22. The van der Waals surface area contributed by atoms with Crippen molar-refractivity contribution in [2.45, 2.75) is 44.6 Å². The summed E-state index contributed by atoms with van der Waals surface area (Å²) in [4.78, 5) is 8.61. The Morgan fingerprint density at radius 3 is 2.71 bits per heavy atom. The largest absolute Gasteiger partial charge is 0.490 e. The van der Waals surface area contributed by atoms with Crippen LogP contribution in [0.5, 0.6) is 5.75 Å². The van der Waals surface area contributed by atoms with Gasteiger partial charge in [0, 0.05) is 12.4 Å². The van der Waals surface area contributed by atoms with Gasteiger partial charge in [-0.15, -0.1) is 0 Å². The molecule has 5 rings (SSSR count). The topological polar surface area (TPSA) is 50.6 Å². The second-order valence-electron chi connectivity index (χ2n) is 7.63. The number of nitrogens with zero attached hydrogens (tertiary/aromatic N) is 4. The van der Waals surface area contributed by atoms with Crippen LogP contribution in [0.1, 0.15) is 44.1 Å². The maximum atomic E-state index is 6.19. The Morgan fingerprint density at radius 1 is 1.00 bits per heavy atom. The molecular formula is C23H24N4O. The quantitative estimate of drug-likeness (QED) is 0.775. The van der Waals surface area contributed by atoms with Crippen LogP contribution in [0.15, 0.2) is 65.0 Å². The molecule has 142 valence electrons. The second kappa shape index (κ2) is 7.58. The van der Waals surface area contributed by atoms with Gasteiger partial charge in [-0.2, -0.15) is 5.10 Å². The number of hydrogen-bond donors (Lipinski definition) is 0. The van der Waals surface area contributed by atoms with E-state index in [1.165, 1.54) is 48.0 Å². The summed E-state index contributed by atoms with van der Waals surface area (Å²) in [6.45, 7) is 0.754. The molecule has 2 aromatic rings. The van der Waals surface area contributed by atoms with E-state index >= 15 is 0 Å². The van der Waals surface area contributed by atoms with Crippen LogP contribution in [0.2, 0.25) is 0 Å². The summed E-state index contributed by atoms with van der Waals surface area (Å²) in [6, 6.07) is 10.4. The number of benzene rings is 1. The fraction of sp³-hybridized carbons (Fsp3) is 0.348. The molecule has 1 fully saturated rings. The fourth-order valence-electron chi connectivity index (χ4n) is 4.19. The van der Waals surface area contributed by atoms with Gasteiger partial charge in [0.1, 0.15) is 5.75 Å². The molecule has 2 heterocycles. The van der Waals surface area contributed by atoms with Crippen LogP contribution in [-0.2, 0) is 0 Å². The van der Waals surface area contributed by atoms with Crippen LogP contribution in [0.25, 0.3) is 5.57 Å². The minimum absolute atomic E-state index is 0.390. The van der Waals surface area contributed by atoms with Crippen LogP contribution < -0.4 is 9.75 Å². The second-order valence-corrected chi connectivity index (χ2v) is 7.63. The zero-order valence-corrected chi connectivity index (χ0v) is 15.9. The Balaban J connectivity index is 1.34. The van der Waals surface area contributed by atoms with Crippen molar-refractivity contribution in [3.63, 3.8) is 0 Å². The van der Waals surface area contributed by atoms with Crippen molar-refractivity contribution >= 4 is 17.7 Å². The predicted octanol–water partition coefficient (Wildman–Crippen LogP) is 4.78. The van der Waals surface area contributed by atoms with Crippen molar-refractivity contribution in [2.75, 3.05) is 11.6 Å². The van der Waals surface area contributed by atoms with Crippen molar-refractivity contribution in [1.29, 1.82) is 0 Å². The Morgan fingerprint density at radius 2 is 1.86 bits per heavy atom. The van der Waals surface area contributed by atoms with E-state index in [-0.39, 0.29) is 0 Å². The molecule has 0 unspecified atom stereocenters. The lowest BCUT2D eigenvalue weighted by Gasteiger charge is -2.27. The van der Waals surface area contributed by atoms with Gasteiger partial charge in [0.25, 0.3) is 0 Å². The first-order valence-corrected chi connectivity index (χ1v) is 10.1. The molecule has 1 aromatic carbocycles. The molecule has 0 spiro atoms. The zero-order chi connectivity index (χ0) is 18.8. The summed E-state index contributed by atoms with van der Waals surface area (Å²) < 4.78 is 6.19. The summed E-state index contributed by atoms with van der Waals surface area (Å²) in [5, 5.41) is 6.42. The number of hydrogen-bond acceptors (Lipinski definition) is 5. The Labute approximate surface area is 165 Å². The fourth-order valence-corrected chi connectivity index (χ4v) is 4.19. The third-order valence-corrected chi connectivity index (χ3v) is 5.70. The molecule has 5 nitrogen and oxygen atoms in total. The van der Waals surface area contributed by atoms with Crippen LogP contribution in [0, 0.1) is 0 Å². The van der Waals surface area contributed by atoms with Crippen LogP contribution in [-0.4, -0.2) is 28.8 Å². The molecule has 1 saturated carbocycles. The van der Waals surface area contributed by atoms with Crippen molar-refractivity contribution in [2.24, 2.45) is 5.10 Å². The van der Waals surface area contributed by atoms with Gasteiger partial charge < -0.3 is 4.74 Å². The number of ether oxygens (including phenoxy) is 1. The molecule has 0 radical (unpaired) electrons. The van der Waals surface area contributed by atoms with Crippen molar-refractivity contribution < 1.29 is 4.74 Å². The lowest BCUT2D eigenvalue weighted by Crippen LogP contribution is -2.27. The highest BCUT2D eigenvalue weighted by Crippen LogP contribution is 2.34. The van der Waals surface area contributed by atoms with E-state index in [4.69, 9.17) is 4.74 Å². The maximum Gasteiger partial charge on any atom is 0.246 e. The molecule has 5 heteroatoms. The summed E-state index contributed by atoms with van der Waals surface area (Å²) in [5.74, 6) is 1.65. The van der Waals surface area contributed by atoms with Gasteiger partial charge in [0.05, 0.1) is 18.9 Å². The van der Waals surface area contributed by atoms with Crippen LogP contribution >= 0.6 is 0 Å². The van der Waals surface area contributed by atoms with Crippen LogP contribution in [0.4, 0.5) is 5.95 Å². The molecule has 0 N–H and O–H groups in total. The van der Waals surface area contributed by atoms with Gasteiger partial charge in [-0.1, -0.05) is 12.1 Å². The number of allylic oxidation sites excluding steroid dienone is 3. The van der Waals surface area contributed by atoms with E-state index in [0.29, 0.717) is 12.1 Å². The zero-order valence-electron chi connectivity index (χ0n) is 15.9. The van der Waals surface area contributed by atoms with E-state index in [9.17, 15) is 0 Å². The van der Waals surface area contributed by atoms with Crippen molar-refractivity contribution in [3.05, 3.63) is 65.5 Å². The van der Waals surface area contributed by atoms with Crippen molar-refractivity contribution in [1.82, 2.24) is 9.97 Å². The van der Waals surface area contributed by atoms with Crippen molar-refractivity contribution in [3.8, 4) is 5.75 Å². The Kier molecular flexibility index (Phi) is 4.65. The minimum Gasteiger partial charge on any atom is -0.490 e. The number of hydrazone groups is 1. The molecule has 1 aliphatic heterocycles. The predicted molar refractivity (Wildman–Crippen MR) is 111 cm³/mol. The monoisotopic (exact) mass is 372 g/mol. The third-order valence-electron chi connectivity index (χ3n) is 5.70. The third kappa shape index (κ3) is 3.57. The standard InChI is InChI=1S/C23H24N4O/c1-2-7-21(6-1)28-22-8-3-5-17(14-22)18-9-10-19-16-27(26-15-20(19)13-18)23-24-11-4-12-25-23/h3-5,8,11-15,21H,1-2,6-7,9-10,16H2. The van der Waals surface area contributed by atoms with E-state index in [1.54, 1.807) is 12.4 Å². The maximum absolute atomic E-state index is 6.19. The van der Waals surface area contributed by atoms with Gasteiger partial charge in [-0.05, 0) is 85.1 Å². The van der Waals surface area contributed by atoms with Gasteiger partial charge in [0.2, 0.25) is 5.95 Å². The molecule has 1 aromatic heterocycles. The van der Waals surface area contributed by atoms with Gasteiger partial charge >= 0.3 is 0 Å². The first kappa shape index (κ1) is 17.2. The molecule has 3 aliphatic rings. The average molecular weight is 372 g/mol. The first-order chi connectivity index (χ1) is 13.8. The molecule has 0 atom stereocenters. The molecular weight excluding hydrogens is 348 g/mol. The number of aromatic nitrogens is 2. The van der Waals surface area contributed by atoms with E-state index in [1.807, 2.05) is 17.3 Å². The highest BCUT2D eigenvalue weighted by molar-refractivity contribution is 5.90. The molecule has 2 aliphatic carbocycles. The van der Waals surface area contributed by atoms with E-state index in [2.05, 4.69) is 45.4 Å². The Bertz CT molecular complexity index is 942. The molecule has 0 saturated heterocycles. The Hall–Kier alpha value is -2.95. The summed E-state index contributed by atoms with van der Waals surface area (Å²) in [6.07, 6.45) is 15.1. The minimum atomic E-state index is 0.390. The first-order valence-electron chi connectivity index (χ1n) is 10.1. The lowest BCUT2D eigenvalue weighted by atomic mass is 9.88. The molecule has 0 bridgehead atoms. The summed E-state index contributed by atoms with van der Waals surface area (Å²) >= 11 is 0. The number of anilines is 1. The van der Waals surface area contributed by atoms with E-state index < -0.39 is 0 Å². The van der Waals surface area contributed by atoms with Gasteiger partial charge in [0.15, 0.2) is 0 Å². The molecule has 0 amide bonds. The van der Waals surface area contributed by atoms with Gasteiger partial charge in [-0.25, -0.2) is 15.0 Å². The normalized spacial score (nSPS) is 19.6. The lowest BCUT2D eigenvalue weighted by molar-refractivity contribution is 0.210. The van der Waals surface area contributed by atoms with Gasteiger partial charge in [-0.3, -0.25) is 0 Å². The smallest absolute Gasteiger partial charge is 0.246 e. The highest BCUT2D eigenvalue weighted by atomic mass is 16.5.